The topological polar surface area (TPSA) is 224 Å². The first-order chi connectivity index (χ1) is 41.3. The van der Waals surface area contributed by atoms with Crippen LogP contribution in [0.1, 0.15) is 88.3 Å². The molecule has 0 bridgehead atoms. The van der Waals surface area contributed by atoms with Crippen LogP contribution in [-0.2, 0) is 53.8 Å². The van der Waals surface area contributed by atoms with E-state index in [2.05, 4.69) is 46.7 Å². The lowest BCUT2D eigenvalue weighted by molar-refractivity contribution is -0.671. The Morgan fingerprint density at radius 2 is 0.884 bits per heavy atom. The number of hydrogen-bond donors (Lipinski definition) is 3. The molecule has 3 aliphatic heterocycles. The number of aromatic nitrogens is 3. The van der Waals surface area contributed by atoms with Crippen molar-refractivity contribution in [1.29, 1.82) is 0 Å². The first-order valence-electron chi connectivity index (χ1n) is 29.4. The number of carboxylic acid groups (broad SMARTS) is 3. The Morgan fingerprint density at radius 1 is 0.488 bits per heavy atom. The maximum atomic E-state index is 12.7. The van der Waals surface area contributed by atoms with Gasteiger partial charge in [0.05, 0.1) is 27.8 Å². The van der Waals surface area contributed by atoms with E-state index < -0.39 is 17.9 Å². The van der Waals surface area contributed by atoms with E-state index in [1.807, 2.05) is 145 Å². The molecule has 9 heterocycles. The second-order valence-corrected chi connectivity index (χ2v) is 23.3. The molecule has 0 atom stereocenters. The summed E-state index contributed by atoms with van der Waals surface area (Å²) < 4.78 is 22.8. The van der Waals surface area contributed by atoms with Gasteiger partial charge in [0.1, 0.15) is 37.9 Å². The van der Waals surface area contributed by atoms with Crippen molar-refractivity contribution in [3.63, 3.8) is 0 Å². The van der Waals surface area contributed by atoms with Crippen molar-refractivity contribution in [3.05, 3.63) is 176 Å². The lowest BCUT2D eigenvalue weighted by atomic mass is 9.77. The molecule has 18 heteroatoms. The highest BCUT2D eigenvalue weighted by Crippen LogP contribution is 2.42. The highest BCUT2D eigenvalue weighted by Gasteiger charge is 2.32. The smallest absolute Gasteiger partial charge is 0.344 e. The number of aryl methyl sites for hydroxylation is 5. The lowest BCUT2D eigenvalue weighted by Gasteiger charge is -2.40. The third kappa shape index (κ3) is 13.9. The number of carbonyl (C=O) groups is 3. The summed E-state index contributed by atoms with van der Waals surface area (Å²) in [5.41, 5.74) is 11.5. The van der Waals surface area contributed by atoms with Gasteiger partial charge in [0.25, 0.3) is 0 Å². The Labute approximate surface area is 497 Å². The number of aliphatic carboxylic acids is 3. The number of hydrogen-bond acceptors (Lipinski definition) is 12. The maximum absolute atomic E-state index is 12.7. The predicted octanol–water partition coefficient (Wildman–Crippen LogP) is 9.44. The fourth-order valence-corrected chi connectivity index (χ4v) is 11.9. The third-order valence-electron chi connectivity index (χ3n) is 16.5. The summed E-state index contributed by atoms with van der Waals surface area (Å²) in [6.07, 6.45) is 18.7. The molecular formula is C68H73N6O12+3. The average Bonchev–Trinajstić information content (AvgIpc) is 0.984. The normalized spacial score (nSPS) is 14.1. The average molecular weight is 1170 g/mol. The molecule has 0 unspecified atom stereocenters. The minimum absolute atomic E-state index is 0.0116. The molecule has 6 aromatic heterocycles. The van der Waals surface area contributed by atoms with Crippen LogP contribution in [-0.4, -0.2) is 72.5 Å². The van der Waals surface area contributed by atoms with Crippen LogP contribution in [0.15, 0.2) is 156 Å². The van der Waals surface area contributed by atoms with Crippen molar-refractivity contribution in [2.24, 2.45) is 21.1 Å². The molecule has 0 saturated heterocycles. The molecule has 3 aliphatic rings. The van der Waals surface area contributed by atoms with Crippen LogP contribution in [0.3, 0.4) is 0 Å². The fraction of sp³-hybridized carbons (Fsp3) is 0.338. The Bertz CT molecular complexity index is 4230. The summed E-state index contributed by atoms with van der Waals surface area (Å²) in [5, 5.41) is 29.4. The van der Waals surface area contributed by atoms with Crippen LogP contribution in [0.4, 0.5) is 17.1 Å². The maximum Gasteiger partial charge on any atom is 0.344 e. The predicted molar refractivity (Wildman–Crippen MR) is 329 cm³/mol. The van der Waals surface area contributed by atoms with Gasteiger partial charge in [-0.25, -0.2) is 28.1 Å². The fourth-order valence-electron chi connectivity index (χ4n) is 11.9. The van der Waals surface area contributed by atoms with Crippen LogP contribution in [0.2, 0.25) is 0 Å². The molecule has 3 N–H and O–H groups in total. The van der Waals surface area contributed by atoms with E-state index in [4.69, 9.17) is 28.6 Å². The van der Waals surface area contributed by atoms with Crippen molar-refractivity contribution < 1.29 is 56.7 Å². The molecule has 9 aromatic rings. The largest absolute Gasteiger partial charge is 0.481 e. The highest BCUT2D eigenvalue weighted by atomic mass is 16.4. The number of anilines is 3. The highest BCUT2D eigenvalue weighted by molar-refractivity contribution is 5.89. The molecule has 0 spiro atoms. The van der Waals surface area contributed by atoms with Crippen molar-refractivity contribution in [2.75, 3.05) is 54.0 Å². The molecular weight excluding hydrogens is 1090 g/mol. The van der Waals surface area contributed by atoms with E-state index in [-0.39, 0.29) is 41.6 Å². The zero-order valence-electron chi connectivity index (χ0n) is 49.3. The van der Waals surface area contributed by atoms with E-state index in [1.165, 1.54) is 16.7 Å². The van der Waals surface area contributed by atoms with Gasteiger partial charge in [-0.2, -0.15) is 0 Å². The summed E-state index contributed by atoms with van der Waals surface area (Å²) in [6, 6.07) is 29.3. The molecule has 0 fully saturated rings. The van der Waals surface area contributed by atoms with Gasteiger partial charge in [-0.1, -0.05) is 13.8 Å². The van der Waals surface area contributed by atoms with Crippen molar-refractivity contribution in [2.45, 2.75) is 89.9 Å². The first kappa shape index (κ1) is 59.7. The second-order valence-electron chi connectivity index (χ2n) is 23.3. The van der Waals surface area contributed by atoms with Gasteiger partial charge in [0.15, 0.2) is 37.2 Å². The van der Waals surface area contributed by atoms with E-state index in [9.17, 15) is 28.8 Å². The number of benzene rings is 3. The zero-order valence-corrected chi connectivity index (χ0v) is 49.3. The van der Waals surface area contributed by atoms with Gasteiger partial charge in [-0.15, -0.1) is 0 Å². The van der Waals surface area contributed by atoms with Gasteiger partial charge < -0.3 is 43.3 Å². The summed E-state index contributed by atoms with van der Waals surface area (Å²) in [6.45, 7) is 9.13. The van der Waals surface area contributed by atoms with Crippen molar-refractivity contribution in [1.82, 2.24) is 0 Å². The summed E-state index contributed by atoms with van der Waals surface area (Å²) in [4.78, 5) is 77.0. The van der Waals surface area contributed by atoms with Crippen molar-refractivity contribution in [3.8, 4) is 33.4 Å². The molecule has 0 radical (unpaired) electrons. The van der Waals surface area contributed by atoms with Crippen molar-refractivity contribution >= 4 is 67.9 Å². The standard InChI is InChI=1S/C24H26N2O4.2C22H22N2O4/c1-24(2)8-11-26(10-5-7-22(27)28)20-14-21-17(13-19(20)24)12-18(23(29)30-21)16-6-4-9-25(3)15-16;1-23-8-2-6-16(14-23)18-12-17-11-15-5-3-9-24(10-4-7-21(25)26)19(15)13-20(17)28-22(18)27;1-23-10-6-15(7-11-23)18-13-17-12-16-4-2-8-24(9-3-5-21(25)26)19(16)14-20(17)28-22(18)27/h4,6,9,12-15H,5,7-8,10-11H2,1-3H3;2,6,8,11-14H,3-5,7,9-10H2,1H3;6-7,10-14H,2-5,8-9H2,1H3/p+3. The SMILES string of the molecule is C[n+]1ccc(-c2cc3cc4c(cc3oc2=O)N(CCCC(=O)O)CCC4)cc1.C[n+]1cccc(-c2cc3cc4c(cc3oc2=O)N(CCCC(=O)O)CCC4(C)C)c1.C[n+]1cccc(-c2cc3cc4c(cc3oc2=O)N(CCCC(=O)O)CCC4)c1. The molecule has 18 nitrogen and oxygen atoms in total. The molecule has 0 aliphatic carbocycles. The van der Waals surface area contributed by atoms with E-state index in [0.717, 1.165) is 102 Å². The summed E-state index contributed by atoms with van der Waals surface area (Å²) >= 11 is 0. The Balaban J connectivity index is 0.000000143. The second kappa shape index (κ2) is 25.8. The molecule has 0 amide bonds. The van der Waals surface area contributed by atoms with Crippen LogP contribution < -0.4 is 45.3 Å². The quantitative estimate of drug-likeness (QED) is 0.0642. The van der Waals surface area contributed by atoms with E-state index in [0.29, 0.717) is 72.3 Å². The number of nitrogens with zero attached hydrogens (tertiary/aromatic N) is 6. The van der Waals surface area contributed by atoms with Crippen LogP contribution in [0, 0.1) is 0 Å². The molecule has 444 valence electrons. The number of rotatable bonds is 15. The Morgan fingerprint density at radius 3 is 1.30 bits per heavy atom. The molecule has 3 aromatic carbocycles. The Kier molecular flexibility index (Phi) is 17.9. The van der Waals surface area contributed by atoms with Crippen LogP contribution in [0.25, 0.3) is 66.3 Å². The van der Waals surface area contributed by atoms with Gasteiger partial charge in [-0.3, -0.25) is 14.4 Å². The number of pyridine rings is 3. The third-order valence-corrected chi connectivity index (χ3v) is 16.5. The van der Waals surface area contributed by atoms with Gasteiger partial charge >= 0.3 is 34.8 Å². The minimum Gasteiger partial charge on any atom is -0.481 e. The molecule has 12 rings (SSSR count). The van der Waals surface area contributed by atoms with Gasteiger partial charge in [-0.05, 0) is 122 Å². The summed E-state index contributed by atoms with van der Waals surface area (Å²) in [5.74, 6) is -2.33. The monoisotopic (exact) mass is 1170 g/mol. The van der Waals surface area contributed by atoms with E-state index >= 15 is 0 Å². The summed E-state index contributed by atoms with van der Waals surface area (Å²) in [7, 11) is 5.77. The number of carboxylic acids is 3. The Hall–Kier alpha value is -9.45. The van der Waals surface area contributed by atoms with Crippen LogP contribution >= 0.6 is 0 Å². The van der Waals surface area contributed by atoms with Crippen LogP contribution in [0.5, 0.6) is 0 Å². The molecule has 86 heavy (non-hydrogen) atoms. The minimum atomic E-state index is -0.779. The first-order valence-corrected chi connectivity index (χ1v) is 29.4. The van der Waals surface area contributed by atoms with Gasteiger partial charge in [0, 0.05) is 140 Å². The number of fused-ring (bicyclic) bond motifs is 6. The molecule has 0 saturated carbocycles. The van der Waals surface area contributed by atoms with Gasteiger partial charge in [0.2, 0.25) is 0 Å². The van der Waals surface area contributed by atoms with E-state index in [1.54, 1.807) is 0 Å². The lowest BCUT2D eigenvalue weighted by Crippen LogP contribution is -2.38. The zero-order chi connectivity index (χ0) is 60.8.